The molecule has 0 saturated carbocycles. The van der Waals surface area contributed by atoms with E-state index in [-0.39, 0.29) is 4.90 Å². The summed E-state index contributed by atoms with van der Waals surface area (Å²) in [5, 5.41) is 0. The highest BCUT2D eigenvalue weighted by molar-refractivity contribution is 8.13. The van der Waals surface area contributed by atoms with Crippen molar-refractivity contribution < 1.29 is 13.2 Å². The number of aliphatic imine (C=N–C) groups is 1. The lowest BCUT2D eigenvalue weighted by molar-refractivity contribution is 0.444. The molecule has 0 bridgehead atoms. The number of hydrogen-bond donors (Lipinski definition) is 0. The van der Waals surface area contributed by atoms with E-state index in [1.54, 1.807) is 18.4 Å². The molecule has 0 atom stereocenters. The maximum atomic E-state index is 11.0. The molecule has 4 nitrogen and oxygen atoms in total. The second kappa shape index (κ2) is 4.67. The molecule has 0 aromatic heterocycles. The first kappa shape index (κ1) is 11.8. The molecule has 0 radical (unpaired) electrons. The van der Waals surface area contributed by atoms with Gasteiger partial charge in [-0.2, -0.15) is 0 Å². The summed E-state index contributed by atoms with van der Waals surface area (Å²) in [5.41, 5.74) is 0. The zero-order valence-corrected chi connectivity index (χ0v) is 10.1. The number of benzene rings is 1. The summed E-state index contributed by atoms with van der Waals surface area (Å²) in [6, 6.07) is 5.80. The molecule has 1 heterocycles. The molecule has 0 spiro atoms. The van der Waals surface area contributed by atoms with Gasteiger partial charge in [-0.15, -0.1) is 0 Å². The first-order valence-corrected chi connectivity index (χ1v) is 6.91. The van der Waals surface area contributed by atoms with Crippen LogP contribution in [0.3, 0.4) is 0 Å². The van der Waals surface area contributed by atoms with Crippen LogP contribution in [0.5, 0.6) is 5.75 Å². The van der Waals surface area contributed by atoms with E-state index in [2.05, 4.69) is 11.2 Å². The van der Waals surface area contributed by atoms with Crippen molar-refractivity contribution in [3.63, 3.8) is 0 Å². The molecule has 0 unspecified atom stereocenters. The second-order valence-electron chi connectivity index (χ2n) is 3.13. The predicted octanol–water partition coefficient (Wildman–Crippen LogP) is 2.35. The van der Waals surface area contributed by atoms with E-state index in [9.17, 15) is 8.42 Å². The Morgan fingerprint density at radius 2 is 1.94 bits per heavy atom. The van der Waals surface area contributed by atoms with Gasteiger partial charge in [-0.1, -0.05) is 4.99 Å². The maximum Gasteiger partial charge on any atom is 0.261 e. The van der Waals surface area contributed by atoms with Crippen LogP contribution in [0.15, 0.2) is 58.3 Å². The lowest BCUT2D eigenvalue weighted by Gasteiger charge is -2.01. The van der Waals surface area contributed by atoms with E-state index >= 15 is 0 Å². The molecule has 0 N–H and O–H groups in total. The molecule has 0 amide bonds. The molecule has 1 aliphatic rings. The van der Waals surface area contributed by atoms with Gasteiger partial charge < -0.3 is 4.74 Å². The predicted molar refractivity (Wildman–Crippen MR) is 64.8 cm³/mol. The Hall–Kier alpha value is -1.68. The van der Waals surface area contributed by atoms with E-state index in [1.165, 1.54) is 24.3 Å². The molecule has 6 heteroatoms. The van der Waals surface area contributed by atoms with Crippen LogP contribution in [-0.2, 0) is 9.05 Å². The third-order valence-electron chi connectivity index (χ3n) is 1.94. The molecule has 17 heavy (non-hydrogen) atoms. The SMILES string of the molecule is O=S(=O)(Cl)c1ccc(OC2=C[C+]=NC=C2)cc1. The fourth-order valence-electron chi connectivity index (χ4n) is 1.17. The summed E-state index contributed by atoms with van der Waals surface area (Å²) >= 11 is 0. The van der Waals surface area contributed by atoms with Crippen LogP contribution < -0.4 is 4.74 Å². The fraction of sp³-hybridized carbons (Fsp3) is 0. The third kappa shape index (κ3) is 3.14. The van der Waals surface area contributed by atoms with Crippen LogP contribution in [0.25, 0.3) is 0 Å². The summed E-state index contributed by atoms with van der Waals surface area (Å²) in [4.78, 5) is 3.77. The minimum absolute atomic E-state index is 0.0350. The average Bonchev–Trinajstić information content (AvgIpc) is 2.30. The molecule has 1 aliphatic heterocycles. The van der Waals surface area contributed by atoms with Gasteiger partial charge in [-0.05, 0) is 24.3 Å². The Kier molecular flexibility index (Phi) is 3.24. The zero-order valence-electron chi connectivity index (χ0n) is 8.50. The van der Waals surface area contributed by atoms with Crippen molar-refractivity contribution in [3.8, 4) is 5.75 Å². The van der Waals surface area contributed by atoms with Crippen molar-refractivity contribution in [1.29, 1.82) is 0 Å². The second-order valence-corrected chi connectivity index (χ2v) is 5.70. The summed E-state index contributed by atoms with van der Waals surface area (Å²) in [6.45, 7) is 0. The Labute approximate surface area is 103 Å². The van der Waals surface area contributed by atoms with Gasteiger partial charge in [0.15, 0.2) is 12.3 Å². The third-order valence-corrected chi connectivity index (χ3v) is 3.31. The number of hydrogen-bond acceptors (Lipinski definition) is 4. The zero-order chi connectivity index (χ0) is 12.3. The first-order valence-electron chi connectivity index (χ1n) is 4.60. The van der Waals surface area contributed by atoms with Gasteiger partial charge in [0, 0.05) is 10.7 Å². The highest BCUT2D eigenvalue weighted by Gasteiger charge is 2.11. The van der Waals surface area contributed by atoms with E-state index in [0.29, 0.717) is 11.5 Å². The van der Waals surface area contributed by atoms with E-state index in [4.69, 9.17) is 15.4 Å². The maximum absolute atomic E-state index is 11.0. The van der Waals surface area contributed by atoms with Gasteiger partial charge in [-0.3, -0.25) is 0 Å². The van der Waals surface area contributed by atoms with Gasteiger partial charge in [0.1, 0.15) is 18.0 Å². The lowest BCUT2D eigenvalue weighted by Crippen LogP contribution is -1.96. The average molecular weight is 269 g/mol. The number of halogens is 1. The van der Waals surface area contributed by atoms with Gasteiger partial charge in [0.2, 0.25) is 5.76 Å². The van der Waals surface area contributed by atoms with Crippen molar-refractivity contribution in [3.05, 3.63) is 48.4 Å². The lowest BCUT2D eigenvalue weighted by atomic mass is 10.3. The standard InChI is InChI=1S/C11H7ClNO3S/c12-17(14,15)11-3-1-9(2-4-11)16-10-5-7-13-8-6-10/h1-7H/q+1. The van der Waals surface area contributed by atoms with Gasteiger partial charge >= 0.3 is 0 Å². The number of nitrogens with zero attached hydrogens (tertiary/aromatic N) is 1. The van der Waals surface area contributed by atoms with Crippen molar-refractivity contribution in [2.45, 2.75) is 4.90 Å². The summed E-state index contributed by atoms with van der Waals surface area (Å²) in [6.07, 6.45) is 7.42. The van der Waals surface area contributed by atoms with E-state index < -0.39 is 9.05 Å². The van der Waals surface area contributed by atoms with Crippen molar-refractivity contribution in [1.82, 2.24) is 0 Å². The molecular formula is C11H7ClNO3S+. The molecule has 0 saturated heterocycles. The van der Waals surface area contributed by atoms with Crippen LogP contribution in [0, 0.1) is 0 Å². The van der Waals surface area contributed by atoms with E-state index in [0.717, 1.165) is 0 Å². The Morgan fingerprint density at radius 1 is 1.24 bits per heavy atom. The van der Waals surface area contributed by atoms with Crippen molar-refractivity contribution in [2.75, 3.05) is 0 Å². The topological polar surface area (TPSA) is 55.7 Å². The molecule has 86 valence electrons. The fourth-order valence-corrected chi connectivity index (χ4v) is 1.94. The van der Waals surface area contributed by atoms with Gasteiger partial charge in [0.25, 0.3) is 9.05 Å². The summed E-state index contributed by atoms with van der Waals surface area (Å²) in [7, 11) is 1.50. The first-order chi connectivity index (χ1) is 8.05. The quantitative estimate of drug-likeness (QED) is 0.625. The van der Waals surface area contributed by atoms with Crippen LogP contribution in [0.4, 0.5) is 0 Å². The van der Waals surface area contributed by atoms with Crippen LogP contribution in [0.2, 0.25) is 0 Å². The number of ether oxygens (including phenoxy) is 1. The molecular weight excluding hydrogens is 262 g/mol. The van der Waals surface area contributed by atoms with Crippen LogP contribution in [0.1, 0.15) is 0 Å². The van der Waals surface area contributed by atoms with Crippen LogP contribution >= 0.6 is 10.7 Å². The molecule has 0 aliphatic carbocycles. The van der Waals surface area contributed by atoms with Crippen LogP contribution in [-0.4, -0.2) is 14.6 Å². The summed E-state index contributed by atoms with van der Waals surface area (Å²) < 4.78 is 27.5. The highest BCUT2D eigenvalue weighted by atomic mass is 35.7. The molecule has 1 aromatic carbocycles. The smallest absolute Gasteiger partial charge is 0.261 e. The number of allylic oxidation sites excluding steroid dienone is 2. The summed E-state index contributed by atoms with van der Waals surface area (Å²) in [5.74, 6) is 1.08. The molecule has 2 rings (SSSR count). The number of rotatable bonds is 3. The van der Waals surface area contributed by atoms with Gasteiger partial charge in [-0.25, -0.2) is 8.42 Å². The Balaban J connectivity index is 2.17. The highest BCUT2D eigenvalue weighted by Crippen LogP contribution is 2.20. The Morgan fingerprint density at radius 3 is 2.47 bits per heavy atom. The largest absolute Gasteiger partial charge is 0.397 e. The normalized spacial score (nSPS) is 14.1. The molecule has 1 aromatic rings. The minimum Gasteiger partial charge on any atom is -0.397 e. The Bertz CT molecular complexity index is 600. The van der Waals surface area contributed by atoms with E-state index in [1.807, 2.05) is 0 Å². The monoisotopic (exact) mass is 268 g/mol. The molecule has 0 fully saturated rings. The van der Waals surface area contributed by atoms with Crippen molar-refractivity contribution in [2.24, 2.45) is 4.99 Å². The van der Waals surface area contributed by atoms with Gasteiger partial charge in [0.05, 0.1) is 4.90 Å². The van der Waals surface area contributed by atoms with Crippen molar-refractivity contribution >= 4 is 25.9 Å². The minimum atomic E-state index is -3.69.